The van der Waals surface area contributed by atoms with Gasteiger partial charge in [-0.2, -0.15) is 5.10 Å². The molecule has 5 nitrogen and oxygen atoms in total. The molecule has 0 atom stereocenters. The largest absolute Gasteiger partial charge is 0.329 e. The summed E-state index contributed by atoms with van der Waals surface area (Å²) >= 11 is 12.1. The zero-order valence-corrected chi connectivity index (χ0v) is 12.6. The number of aromatic nitrogens is 2. The van der Waals surface area contributed by atoms with Crippen molar-refractivity contribution < 1.29 is 4.92 Å². The first-order valence-corrected chi connectivity index (χ1v) is 7.52. The van der Waals surface area contributed by atoms with Crippen LogP contribution in [0.5, 0.6) is 0 Å². The Morgan fingerprint density at radius 2 is 1.81 bits per heavy atom. The lowest BCUT2D eigenvalue weighted by Gasteiger charge is -2.04. The summed E-state index contributed by atoms with van der Waals surface area (Å²) in [6.45, 7) is 0. The molecule has 1 aromatic carbocycles. The average Bonchev–Trinajstić information content (AvgIpc) is 3.07. The minimum atomic E-state index is -0.435. The van der Waals surface area contributed by atoms with Gasteiger partial charge in [0.15, 0.2) is 0 Å². The predicted molar refractivity (Wildman–Crippen MR) is 81.4 cm³/mol. The summed E-state index contributed by atoms with van der Waals surface area (Å²) < 4.78 is 1.42. The molecule has 1 heterocycles. The molecular weight excluding hydrogens is 313 g/mol. The molecule has 0 amide bonds. The summed E-state index contributed by atoms with van der Waals surface area (Å²) in [7, 11) is 0. The second-order valence-electron chi connectivity index (χ2n) is 5.15. The zero-order chi connectivity index (χ0) is 15.0. The van der Waals surface area contributed by atoms with Gasteiger partial charge in [-0.05, 0) is 37.1 Å². The SMILES string of the molecule is O=[N+]([O-])c1c(C2CCCC2)nn(-c2ccc(Cl)cc2)c1Cl. The first-order chi connectivity index (χ1) is 10.1. The van der Waals surface area contributed by atoms with Gasteiger partial charge in [0, 0.05) is 10.9 Å². The van der Waals surface area contributed by atoms with Crippen molar-refractivity contribution in [2.24, 2.45) is 0 Å². The monoisotopic (exact) mass is 325 g/mol. The maximum atomic E-state index is 11.3. The van der Waals surface area contributed by atoms with Gasteiger partial charge < -0.3 is 0 Å². The third kappa shape index (κ3) is 2.63. The van der Waals surface area contributed by atoms with Gasteiger partial charge in [-0.25, -0.2) is 4.68 Å². The summed E-state index contributed by atoms with van der Waals surface area (Å²) in [6, 6.07) is 6.89. The van der Waals surface area contributed by atoms with E-state index in [0.29, 0.717) is 16.4 Å². The maximum absolute atomic E-state index is 11.3. The van der Waals surface area contributed by atoms with Crippen molar-refractivity contribution in [3.05, 3.63) is 50.2 Å². The molecule has 0 aliphatic heterocycles. The fourth-order valence-electron chi connectivity index (χ4n) is 2.80. The van der Waals surface area contributed by atoms with Crippen molar-refractivity contribution in [2.75, 3.05) is 0 Å². The van der Waals surface area contributed by atoms with Gasteiger partial charge in [-0.15, -0.1) is 0 Å². The van der Waals surface area contributed by atoms with Crippen LogP contribution in [-0.4, -0.2) is 14.7 Å². The standard InChI is InChI=1S/C14H13Cl2N3O2/c15-10-5-7-11(8-6-10)18-14(16)13(19(20)21)12(17-18)9-3-1-2-4-9/h5-9H,1-4H2. The van der Waals surface area contributed by atoms with E-state index in [1.54, 1.807) is 24.3 Å². The van der Waals surface area contributed by atoms with E-state index in [2.05, 4.69) is 5.10 Å². The molecule has 0 unspecified atom stereocenters. The lowest BCUT2D eigenvalue weighted by molar-refractivity contribution is -0.385. The Morgan fingerprint density at radius 1 is 1.19 bits per heavy atom. The van der Waals surface area contributed by atoms with E-state index in [1.165, 1.54) is 4.68 Å². The predicted octanol–water partition coefficient (Wildman–Crippen LogP) is 4.74. The van der Waals surface area contributed by atoms with Crippen LogP contribution in [0.4, 0.5) is 5.69 Å². The molecule has 110 valence electrons. The van der Waals surface area contributed by atoms with Crippen LogP contribution in [0.1, 0.15) is 37.3 Å². The van der Waals surface area contributed by atoms with Gasteiger partial charge in [-0.1, -0.05) is 36.0 Å². The van der Waals surface area contributed by atoms with Crippen molar-refractivity contribution in [2.45, 2.75) is 31.6 Å². The normalized spacial score (nSPS) is 15.5. The second-order valence-corrected chi connectivity index (χ2v) is 5.95. The summed E-state index contributed by atoms with van der Waals surface area (Å²) in [4.78, 5) is 10.9. The second kappa shape index (κ2) is 5.66. The molecule has 0 saturated heterocycles. The number of hydrogen-bond acceptors (Lipinski definition) is 3. The highest BCUT2D eigenvalue weighted by Crippen LogP contribution is 2.41. The molecule has 1 fully saturated rings. The topological polar surface area (TPSA) is 61.0 Å². The van der Waals surface area contributed by atoms with Crippen molar-refractivity contribution in [1.82, 2.24) is 9.78 Å². The van der Waals surface area contributed by atoms with E-state index in [4.69, 9.17) is 23.2 Å². The Bertz CT molecular complexity index is 676. The van der Waals surface area contributed by atoms with Crippen LogP contribution in [0.2, 0.25) is 10.2 Å². The van der Waals surface area contributed by atoms with Crippen molar-refractivity contribution in [3.63, 3.8) is 0 Å². The summed E-state index contributed by atoms with van der Waals surface area (Å²) in [6.07, 6.45) is 4.00. The van der Waals surface area contributed by atoms with Crippen LogP contribution < -0.4 is 0 Å². The highest BCUT2D eigenvalue weighted by Gasteiger charge is 2.33. The smallest absolute Gasteiger partial charge is 0.258 e. The van der Waals surface area contributed by atoms with Crippen LogP contribution >= 0.6 is 23.2 Å². The van der Waals surface area contributed by atoms with Gasteiger partial charge in [-0.3, -0.25) is 10.1 Å². The number of rotatable bonds is 3. The lowest BCUT2D eigenvalue weighted by Crippen LogP contribution is -2.00. The molecule has 0 bridgehead atoms. The molecular formula is C14H13Cl2N3O2. The van der Waals surface area contributed by atoms with Crippen molar-refractivity contribution >= 4 is 28.9 Å². The Morgan fingerprint density at radius 3 is 2.38 bits per heavy atom. The van der Waals surface area contributed by atoms with Crippen molar-refractivity contribution in [1.29, 1.82) is 0 Å². The zero-order valence-electron chi connectivity index (χ0n) is 11.1. The van der Waals surface area contributed by atoms with Gasteiger partial charge in [0.1, 0.15) is 5.69 Å². The van der Waals surface area contributed by atoms with E-state index >= 15 is 0 Å². The van der Waals surface area contributed by atoms with E-state index in [-0.39, 0.29) is 16.8 Å². The van der Waals surface area contributed by atoms with Crippen LogP contribution in [0, 0.1) is 10.1 Å². The number of hydrogen-bond donors (Lipinski definition) is 0. The molecule has 7 heteroatoms. The molecule has 0 radical (unpaired) electrons. The first kappa shape index (κ1) is 14.4. The van der Waals surface area contributed by atoms with Gasteiger partial charge in [0.25, 0.3) is 0 Å². The molecule has 1 aliphatic rings. The van der Waals surface area contributed by atoms with Crippen LogP contribution in [0.15, 0.2) is 24.3 Å². The lowest BCUT2D eigenvalue weighted by atomic mass is 10.0. The molecule has 0 N–H and O–H groups in total. The van der Waals surface area contributed by atoms with Gasteiger partial charge in [0.2, 0.25) is 5.15 Å². The minimum absolute atomic E-state index is 0.0456. The third-order valence-electron chi connectivity index (χ3n) is 3.83. The van der Waals surface area contributed by atoms with E-state index < -0.39 is 4.92 Å². The van der Waals surface area contributed by atoms with E-state index in [1.807, 2.05) is 0 Å². The highest BCUT2D eigenvalue weighted by atomic mass is 35.5. The molecule has 21 heavy (non-hydrogen) atoms. The summed E-state index contributed by atoms with van der Waals surface area (Å²) in [5.74, 6) is 0.122. The fraction of sp³-hybridized carbons (Fsp3) is 0.357. The van der Waals surface area contributed by atoms with Gasteiger partial charge >= 0.3 is 5.69 Å². The Labute approximate surface area is 131 Å². The van der Waals surface area contributed by atoms with Gasteiger partial charge in [0.05, 0.1) is 10.6 Å². The number of nitro groups is 1. The highest BCUT2D eigenvalue weighted by molar-refractivity contribution is 6.32. The van der Waals surface area contributed by atoms with E-state index in [0.717, 1.165) is 25.7 Å². The summed E-state index contributed by atoms with van der Waals surface area (Å²) in [5, 5.41) is 16.4. The first-order valence-electron chi connectivity index (χ1n) is 6.76. The van der Waals surface area contributed by atoms with Crippen molar-refractivity contribution in [3.8, 4) is 5.69 Å². The third-order valence-corrected chi connectivity index (χ3v) is 4.42. The molecule has 1 aromatic heterocycles. The number of nitrogens with zero attached hydrogens (tertiary/aromatic N) is 3. The molecule has 0 spiro atoms. The molecule has 2 aromatic rings. The Hall–Kier alpha value is -1.59. The van der Waals surface area contributed by atoms with Crippen LogP contribution in [-0.2, 0) is 0 Å². The molecule has 1 saturated carbocycles. The Balaban J connectivity index is 2.11. The Kier molecular flexibility index (Phi) is 3.87. The van der Waals surface area contributed by atoms with Crippen LogP contribution in [0.25, 0.3) is 5.69 Å². The van der Waals surface area contributed by atoms with E-state index in [9.17, 15) is 10.1 Å². The minimum Gasteiger partial charge on any atom is -0.258 e. The summed E-state index contributed by atoms with van der Waals surface area (Å²) in [5.41, 5.74) is 1.09. The fourth-order valence-corrected chi connectivity index (χ4v) is 3.23. The number of benzene rings is 1. The molecule has 1 aliphatic carbocycles. The number of halogens is 2. The maximum Gasteiger partial charge on any atom is 0.329 e. The van der Waals surface area contributed by atoms with Crippen LogP contribution in [0.3, 0.4) is 0 Å². The average molecular weight is 326 g/mol. The quantitative estimate of drug-likeness (QED) is 0.604. The molecule has 3 rings (SSSR count).